The molecule has 1 aromatic rings. The van der Waals surface area contributed by atoms with Gasteiger partial charge in [0.15, 0.2) is 0 Å². The van der Waals surface area contributed by atoms with E-state index in [2.05, 4.69) is 13.2 Å². The number of fused-ring (bicyclic) bond motifs is 1. The van der Waals surface area contributed by atoms with Gasteiger partial charge in [-0.05, 0) is 62.3 Å². The van der Waals surface area contributed by atoms with Gasteiger partial charge in [0.1, 0.15) is 23.3 Å². The van der Waals surface area contributed by atoms with Crippen LogP contribution < -0.4 is 9.64 Å². The molecule has 6 atom stereocenters. The van der Waals surface area contributed by atoms with E-state index in [0.29, 0.717) is 43.5 Å². The second-order valence-electron chi connectivity index (χ2n) is 11.6. The molecule has 9 nitrogen and oxygen atoms in total. The van der Waals surface area contributed by atoms with Gasteiger partial charge in [0.25, 0.3) is 5.91 Å². The minimum absolute atomic E-state index is 0.148. The summed E-state index contributed by atoms with van der Waals surface area (Å²) in [5.41, 5.74) is -1.50. The Balaban J connectivity index is 1.81. The summed E-state index contributed by atoms with van der Waals surface area (Å²) in [4.78, 5) is 45.9. The van der Waals surface area contributed by atoms with Crippen LogP contribution in [0.25, 0.3) is 0 Å². The normalized spacial score (nSPS) is 28.9. The number of methoxy groups -OCH3 is 1. The van der Waals surface area contributed by atoms with Gasteiger partial charge >= 0.3 is 5.97 Å². The number of aliphatic hydroxyl groups is 1. The molecule has 3 aliphatic rings. The highest BCUT2D eigenvalue weighted by atomic mass is 16.6. The van der Waals surface area contributed by atoms with Crippen LogP contribution in [0.1, 0.15) is 52.9 Å². The number of hydrogen-bond acceptors (Lipinski definition) is 7. The number of rotatable bonds is 14. The molecule has 3 saturated heterocycles. The number of hydrogen-bond donors (Lipinski definition) is 1. The zero-order chi connectivity index (χ0) is 29.9. The second kappa shape index (κ2) is 12.4. The SMILES string of the molecule is C=CCCCOC(=O)[C@@H]1[C@H]2C(=O)N([C@@H](CO)C(C)C)C(C(=O)N(CC=C)c3ccc(OC)cc3)C23CC[C@@]1(CC)O3. The Hall–Kier alpha value is -3.17. The lowest BCUT2D eigenvalue weighted by Gasteiger charge is -2.40. The van der Waals surface area contributed by atoms with E-state index in [0.717, 1.165) is 0 Å². The van der Waals surface area contributed by atoms with Gasteiger partial charge in [-0.25, -0.2) is 0 Å². The van der Waals surface area contributed by atoms with Crippen molar-refractivity contribution in [2.75, 3.05) is 31.8 Å². The van der Waals surface area contributed by atoms with E-state index < -0.39 is 41.1 Å². The number of carbonyl (C=O) groups is 3. The third kappa shape index (κ3) is 5.07. The largest absolute Gasteiger partial charge is 0.497 e. The van der Waals surface area contributed by atoms with Crippen LogP contribution in [0.2, 0.25) is 0 Å². The standard InChI is InChI=1S/C32H44N2O7/c1-7-10-11-19-40-30(38)26-25-28(36)34(24(20-35)21(4)5)27(32(25)17-16-31(26,9-3)41-32)29(37)33(18-8-2)22-12-14-23(39-6)15-13-22/h7-8,12-15,21,24-27,35H,1-2,9-11,16-20H2,3-6H3/t24-,25-,26-,27?,31+,32?/m0/s1. The van der Waals surface area contributed by atoms with Crippen molar-refractivity contribution in [2.45, 2.75) is 76.2 Å². The van der Waals surface area contributed by atoms with Crippen LogP contribution in [0.15, 0.2) is 49.6 Å². The number of aliphatic hydroxyl groups excluding tert-OH is 1. The van der Waals surface area contributed by atoms with Crippen LogP contribution in [0.3, 0.4) is 0 Å². The van der Waals surface area contributed by atoms with E-state index in [9.17, 15) is 19.5 Å². The van der Waals surface area contributed by atoms with E-state index in [1.54, 1.807) is 48.4 Å². The highest BCUT2D eigenvalue weighted by molar-refractivity contribution is 6.05. The third-order valence-electron chi connectivity index (χ3n) is 9.18. The molecule has 3 heterocycles. The number of anilines is 1. The summed E-state index contributed by atoms with van der Waals surface area (Å²) in [7, 11) is 1.57. The molecule has 0 radical (unpaired) electrons. The Labute approximate surface area is 243 Å². The fraction of sp³-hybridized carbons (Fsp3) is 0.594. The van der Waals surface area contributed by atoms with Gasteiger partial charge in [0, 0.05) is 12.2 Å². The van der Waals surface area contributed by atoms with E-state index in [4.69, 9.17) is 14.2 Å². The third-order valence-corrected chi connectivity index (χ3v) is 9.18. The molecule has 0 aliphatic carbocycles. The Morgan fingerprint density at radius 1 is 1.22 bits per heavy atom. The number of carbonyl (C=O) groups excluding carboxylic acids is 3. The average molecular weight is 569 g/mol. The van der Waals surface area contributed by atoms with Crippen molar-refractivity contribution in [3.05, 3.63) is 49.6 Å². The lowest BCUT2D eigenvalue weighted by molar-refractivity contribution is -0.162. The van der Waals surface area contributed by atoms with Crippen molar-refractivity contribution in [2.24, 2.45) is 17.8 Å². The van der Waals surface area contributed by atoms with E-state index in [-0.39, 0.29) is 37.5 Å². The maximum absolute atomic E-state index is 14.7. The Morgan fingerprint density at radius 2 is 1.93 bits per heavy atom. The molecular weight excluding hydrogens is 524 g/mol. The van der Waals surface area contributed by atoms with Crippen molar-refractivity contribution < 1.29 is 33.7 Å². The van der Waals surface area contributed by atoms with Crippen molar-refractivity contribution in [1.29, 1.82) is 0 Å². The number of amides is 2. The first-order valence-electron chi connectivity index (χ1n) is 14.6. The number of ether oxygens (including phenoxy) is 3. The van der Waals surface area contributed by atoms with E-state index in [1.165, 1.54) is 4.90 Å². The summed E-state index contributed by atoms with van der Waals surface area (Å²) in [6, 6.07) is 5.43. The molecule has 1 spiro atoms. The molecule has 0 aromatic heterocycles. The second-order valence-corrected chi connectivity index (χ2v) is 11.6. The maximum atomic E-state index is 14.7. The number of nitrogens with zero attached hydrogens (tertiary/aromatic N) is 2. The summed E-state index contributed by atoms with van der Waals surface area (Å²) in [6.45, 7) is 13.4. The molecule has 4 rings (SSSR count). The number of benzene rings is 1. The molecule has 0 saturated carbocycles. The number of allylic oxidation sites excluding steroid dienone is 1. The maximum Gasteiger partial charge on any atom is 0.312 e. The van der Waals surface area contributed by atoms with Gasteiger partial charge in [-0.3, -0.25) is 14.4 Å². The summed E-state index contributed by atoms with van der Waals surface area (Å²) < 4.78 is 17.8. The molecule has 2 amide bonds. The first-order valence-corrected chi connectivity index (χ1v) is 14.6. The predicted molar refractivity (Wildman–Crippen MR) is 155 cm³/mol. The highest BCUT2D eigenvalue weighted by Crippen LogP contribution is 2.65. The van der Waals surface area contributed by atoms with Crippen molar-refractivity contribution in [1.82, 2.24) is 4.90 Å². The quantitative estimate of drug-likeness (QED) is 0.206. The Morgan fingerprint density at radius 3 is 2.49 bits per heavy atom. The number of esters is 1. The van der Waals surface area contributed by atoms with Gasteiger partial charge in [-0.2, -0.15) is 0 Å². The number of unbranched alkanes of at least 4 members (excludes halogenated alkanes) is 1. The molecule has 41 heavy (non-hydrogen) atoms. The summed E-state index contributed by atoms with van der Waals surface area (Å²) in [6.07, 6.45) is 6.24. The minimum atomic E-state index is -1.22. The molecule has 9 heteroatoms. The fourth-order valence-electron chi connectivity index (χ4n) is 7.12. The highest BCUT2D eigenvalue weighted by Gasteiger charge is 2.79. The summed E-state index contributed by atoms with van der Waals surface area (Å²) >= 11 is 0. The van der Waals surface area contributed by atoms with Gasteiger partial charge in [0.2, 0.25) is 5.91 Å². The molecule has 1 N–H and O–H groups in total. The summed E-state index contributed by atoms with van der Waals surface area (Å²) in [5.74, 6) is -2.36. The molecule has 1 aromatic carbocycles. The van der Waals surface area contributed by atoms with Crippen LogP contribution in [0.4, 0.5) is 5.69 Å². The Kier molecular flexibility index (Phi) is 9.29. The number of likely N-dealkylation sites (tertiary alicyclic amines) is 1. The smallest absolute Gasteiger partial charge is 0.312 e. The van der Waals surface area contributed by atoms with Crippen molar-refractivity contribution >= 4 is 23.5 Å². The van der Waals surface area contributed by atoms with E-state index >= 15 is 0 Å². The topological polar surface area (TPSA) is 106 Å². The zero-order valence-corrected chi connectivity index (χ0v) is 24.7. The molecule has 3 aliphatic heterocycles. The lowest BCUT2D eigenvalue weighted by atomic mass is 9.65. The van der Waals surface area contributed by atoms with Crippen molar-refractivity contribution in [3.63, 3.8) is 0 Å². The molecule has 2 unspecified atom stereocenters. The van der Waals surface area contributed by atoms with Crippen LogP contribution in [-0.2, 0) is 23.9 Å². The Bertz CT molecular complexity index is 1150. The van der Waals surface area contributed by atoms with Gasteiger partial charge in [-0.15, -0.1) is 13.2 Å². The first-order chi connectivity index (χ1) is 19.7. The van der Waals surface area contributed by atoms with Crippen LogP contribution in [0.5, 0.6) is 5.75 Å². The van der Waals surface area contributed by atoms with Gasteiger partial charge in [0.05, 0.1) is 37.9 Å². The monoisotopic (exact) mass is 568 g/mol. The van der Waals surface area contributed by atoms with Crippen LogP contribution >= 0.6 is 0 Å². The van der Waals surface area contributed by atoms with Crippen molar-refractivity contribution in [3.8, 4) is 5.75 Å². The van der Waals surface area contributed by atoms with Crippen LogP contribution in [-0.4, -0.2) is 77.9 Å². The molecule has 2 bridgehead atoms. The van der Waals surface area contributed by atoms with E-state index in [1.807, 2.05) is 20.8 Å². The molecule has 224 valence electrons. The summed E-state index contributed by atoms with van der Waals surface area (Å²) in [5, 5.41) is 10.5. The average Bonchev–Trinajstić information content (AvgIpc) is 3.58. The minimum Gasteiger partial charge on any atom is -0.497 e. The zero-order valence-electron chi connectivity index (χ0n) is 24.7. The van der Waals surface area contributed by atoms with Crippen LogP contribution in [0, 0.1) is 17.8 Å². The fourth-order valence-corrected chi connectivity index (χ4v) is 7.12. The predicted octanol–water partition coefficient (Wildman–Crippen LogP) is 3.90. The molecular formula is C32H44N2O7. The first kappa shape index (κ1) is 30.8. The van der Waals surface area contributed by atoms with Gasteiger partial charge < -0.3 is 29.1 Å². The van der Waals surface area contributed by atoms with Gasteiger partial charge in [-0.1, -0.05) is 32.9 Å². The molecule has 3 fully saturated rings. The lowest BCUT2D eigenvalue weighted by Crippen LogP contribution is -2.60.